The Kier molecular flexibility index (Phi) is 60.7. The Morgan fingerprint density at radius 2 is 0.570 bits per heavy atom. The Balaban J connectivity index is 4.65. The average Bonchev–Trinajstić information content (AvgIpc) is 3.43. The van der Waals surface area contributed by atoms with E-state index in [0.717, 1.165) is 212 Å². The van der Waals surface area contributed by atoms with Gasteiger partial charge in [0.15, 0.2) is 0 Å². The number of rotatable bonds is 62. The normalized spacial score (nSPS) is 13.5. The van der Waals surface area contributed by atoms with Gasteiger partial charge in [-0.2, -0.15) is 0 Å². The number of aliphatic hydroxyl groups is 1. The monoisotopic (exact) mass is 1110 g/mol. The van der Waals surface area contributed by atoms with E-state index >= 15 is 0 Å². The minimum atomic E-state index is -0.225. The molecular formula is C71H131NO7. The maximum atomic E-state index is 13.1. The second-order valence-corrected chi connectivity index (χ2v) is 23.5. The SMILES string of the molecule is CCCCC/C=C\CC(O)CCCCCCCCC(=O)OC(C/C=C\CCCCC)CCCCCCCCC(=O)OC(C/C=C\CCCCC)CCCCCCCCC(=O)OC(C/C=C\CCCCC)CCCCCCCCN. The van der Waals surface area contributed by atoms with Crippen molar-refractivity contribution in [2.75, 3.05) is 6.54 Å². The van der Waals surface area contributed by atoms with Crippen LogP contribution in [0.2, 0.25) is 0 Å². The number of unbranched alkanes of at least 4 members (excludes halogenated alkanes) is 32. The lowest BCUT2D eigenvalue weighted by atomic mass is 10.0. The molecule has 0 aromatic carbocycles. The predicted octanol–water partition coefficient (Wildman–Crippen LogP) is 21.2. The molecule has 0 aliphatic heterocycles. The van der Waals surface area contributed by atoms with E-state index in [9.17, 15) is 19.5 Å². The van der Waals surface area contributed by atoms with Gasteiger partial charge in [0.2, 0.25) is 0 Å². The van der Waals surface area contributed by atoms with Crippen molar-refractivity contribution in [3.63, 3.8) is 0 Å². The van der Waals surface area contributed by atoms with Crippen molar-refractivity contribution in [3.05, 3.63) is 48.6 Å². The highest BCUT2D eigenvalue weighted by molar-refractivity contribution is 5.70. The van der Waals surface area contributed by atoms with Gasteiger partial charge in [0.25, 0.3) is 0 Å². The molecule has 0 saturated carbocycles. The minimum absolute atomic E-state index is 0.0108. The minimum Gasteiger partial charge on any atom is -0.462 e. The lowest BCUT2D eigenvalue weighted by Gasteiger charge is -2.17. The lowest BCUT2D eigenvalue weighted by molar-refractivity contribution is -0.150. The fourth-order valence-electron chi connectivity index (χ4n) is 10.3. The summed E-state index contributed by atoms with van der Waals surface area (Å²) in [5.41, 5.74) is 5.65. The number of carbonyl (C=O) groups excluding carboxylic acids is 3. The van der Waals surface area contributed by atoms with Crippen LogP contribution >= 0.6 is 0 Å². The zero-order valence-electron chi connectivity index (χ0n) is 52.7. The number of allylic oxidation sites excluding steroid dienone is 4. The number of esters is 3. The summed E-state index contributed by atoms with van der Waals surface area (Å²) in [4.78, 5) is 38.9. The van der Waals surface area contributed by atoms with Gasteiger partial charge in [-0.3, -0.25) is 14.4 Å². The summed E-state index contributed by atoms with van der Waals surface area (Å²) in [7, 11) is 0. The fourth-order valence-corrected chi connectivity index (χ4v) is 10.3. The standard InChI is InChI=1S/C71H131NO7/c1-5-9-13-17-29-41-53-65(73)54-42-30-21-24-37-49-61-69(74)77-66(55-43-31-18-14-10-6-2)58-46-34-22-25-38-50-62-70(75)78-67(56-44-32-19-15-11-7-3)59-47-35-23-26-39-51-63-71(76)79-68(57-45-33-20-16-12-8-4)60-48-36-27-28-40-52-64-72/h29,31-33,41,43-45,65-68,73H,5-28,30,34-40,42,46-64,72H2,1-4H3/b41-29-,43-31-,44-32-,45-33-. The van der Waals surface area contributed by atoms with E-state index in [1.165, 1.54) is 103 Å². The third kappa shape index (κ3) is 58.3. The lowest BCUT2D eigenvalue weighted by Crippen LogP contribution is -2.18. The third-order valence-electron chi connectivity index (χ3n) is 15.5. The zero-order valence-corrected chi connectivity index (χ0v) is 52.7. The molecule has 0 heterocycles. The van der Waals surface area contributed by atoms with Gasteiger partial charge in [-0.25, -0.2) is 0 Å². The second-order valence-electron chi connectivity index (χ2n) is 23.5. The molecule has 8 heteroatoms. The van der Waals surface area contributed by atoms with Gasteiger partial charge in [-0.15, -0.1) is 0 Å². The number of hydrogen-bond donors (Lipinski definition) is 2. The van der Waals surface area contributed by atoms with Crippen molar-refractivity contribution in [2.45, 2.75) is 380 Å². The molecule has 8 nitrogen and oxygen atoms in total. The van der Waals surface area contributed by atoms with Gasteiger partial charge in [0, 0.05) is 38.5 Å². The van der Waals surface area contributed by atoms with Gasteiger partial charge in [0.05, 0.1) is 6.10 Å². The van der Waals surface area contributed by atoms with E-state index in [0.29, 0.717) is 19.3 Å². The van der Waals surface area contributed by atoms with Crippen LogP contribution in [0, 0.1) is 0 Å². The molecule has 0 aromatic rings. The smallest absolute Gasteiger partial charge is 0.306 e. The highest BCUT2D eigenvalue weighted by Gasteiger charge is 2.16. The molecule has 0 spiro atoms. The summed E-state index contributed by atoms with van der Waals surface area (Å²) in [6.45, 7) is 9.71. The van der Waals surface area contributed by atoms with Gasteiger partial charge in [0.1, 0.15) is 18.3 Å². The molecule has 4 unspecified atom stereocenters. The molecule has 3 N–H and O–H groups in total. The highest BCUT2D eigenvalue weighted by Crippen LogP contribution is 2.21. The van der Waals surface area contributed by atoms with Gasteiger partial charge in [-0.05, 0) is 135 Å². The molecule has 79 heavy (non-hydrogen) atoms. The van der Waals surface area contributed by atoms with E-state index in [1.54, 1.807) is 0 Å². The summed E-state index contributed by atoms with van der Waals surface area (Å²) in [6.07, 6.45) is 71.2. The number of carbonyl (C=O) groups is 3. The van der Waals surface area contributed by atoms with Gasteiger partial charge in [-0.1, -0.05) is 237 Å². The summed E-state index contributed by atoms with van der Waals surface area (Å²) < 4.78 is 18.2. The number of ether oxygens (including phenoxy) is 3. The van der Waals surface area contributed by atoms with Crippen LogP contribution in [0.5, 0.6) is 0 Å². The van der Waals surface area contributed by atoms with Crippen molar-refractivity contribution in [2.24, 2.45) is 5.73 Å². The van der Waals surface area contributed by atoms with Crippen molar-refractivity contribution >= 4 is 17.9 Å². The fraction of sp³-hybridized carbons (Fsp3) is 0.845. The largest absolute Gasteiger partial charge is 0.462 e. The molecule has 0 aliphatic rings. The van der Waals surface area contributed by atoms with Gasteiger partial charge < -0.3 is 25.1 Å². The second kappa shape index (κ2) is 62.9. The van der Waals surface area contributed by atoms with E-state index in [2.05, 4.69) is 76.3 Å². The van der Waals surface area contributed by atoms with E-state index in [-0.39, 0.29) is 42.3 Å². The van der Waals surface area contributed by atoms with Crippen LogP contribution in [0.25, 0.3) is 0 Å². The number of aliphatic hydroxyl groups excluding tert-OH is 1. The van der Waals surface area contributed by atoms with E-state index < -0.39 is 0 Å². The summed E-state index contributed by atoms with van der Waals surface area (Å²) in [6, 6.07) is 0. The summed E-state index contributed by atoms with van der Waals surface area (Å²) >= 11 is 0. The third-order valence-corrected chi connectivity index (χ3v) is 15.5. The molecule has 0 rings (SSSR count). The van der Waals surface area contributed by atoms with Crippen molar-refractivity contribution in [3.8, 4) is 0 Å². The first-order valence-corrected chi connectivity index (χ1v) is 34.4. The highest BCUT2D eigenvalue weighted by atomic mass is 16.6. The maximum Gasteiger partial charge on any atom is 0.306 e. The topological polar surface area (TPSA) is 125 Å². The molecule has 0 fully saturated rings. The van der Waals surface area contributed by atoms with Crippen molar-refractivity contribution in [1.29, 1.82) is 0 Å². The quantitative estimate of drug-likeness (QED) is 0.0267. The van der Waals surface area contributed by atoms with Crippen LogP contribution in [0.1, 0.15) is 355 Å². The molecule has 462 valence electrons. The molecule has 0 aliphatic carbocycles. The Morgan fingerprint density at radius 3 is 0.861 bits per heavy atom. The predicted molar refractivity (Wildman–Crippen MR) is 339 cm³/mol. The molecule has 4 atom stereocenters. The molecule has 0 bridgehead atoms. The Morgan fingerprint density at radius 1 is 0.316 bits per heavy atom. The molecule has 0 saturated heterocycles. The van der Waals surface area contributed by atoms with Crippen molar-refractivity contribution in [1.82, 2.24) is 0 Å². The van der Waals surface area contributed by atoms with Crippen LogP contribution in [0.4, 0.5) is 0 Å². The van der Waals surface area contributed by atoms with E-state index in [1.807, 2.05) is 0 Å². The number of nitrogens with two attached hydrogens (primary N) is 1. The average molecular weight is 1110 g/mol. The Hall–Kier alpha value is -2.71. The van der Waals surface area contributed by atoms with Crippen LogP contribution in [0.15, 0.2) is 48.6 Å². The molecule has 0 amide bonds. The first-order valence-electron chi connectivity index (χ1n) is 34.4. The van der Waals surface area contributed by atoms with Crippen LogP contribution in [-0.2, 0) is 28.6 Å². The van der Waals surface area contributed by atoms with Crippen LogP contribution in [-0.4, -0.2) is 54.0 Å². The summed E-state index contributed by atoms with van der Waals surface area (Å²) in [5.74, 6) is -0.154. The first kappa shape index (κ1) is 76.3. The van der Waals surface area contributed by atoms with E-state index in [4.69, 9.17) is 19.9 Å². The van der Waals surface area contributed by atoms with Crippen LogP contribution in [0.3, 0.4) is 0 Å². The maximum absolute atomic E-state index is 13.1. The van der Waals surface area contributed by atoms with Crippen LogP contribution < -0.4 is 5.73 Å². The summed E-state index contributed by atoms with van der Waals surface area (Å²) in [5, 5.41) is 10.3. The Labute approximate surface area is 489 Å². The zero-order chi connectivity index (χ0) is 57.6. The number of hydrogen-bond acceptors (Lipinski definition) is 8. The van der Waals surface area contributed by atoms with Crippen molar-refractivity contribution < 1.29 is 33.7 Å². The molecule has 0 radical (unpaired) electrons. The van der Waals surface area contributed by atoms with Gasteiger partial charge >= 0.3 is 17.9 Å². The Bertz CT molecular complexity index is 1420. The first-order chi connectivity index (χ1) is 38.8. The molecule has 0 aromatic heterocycles. The molecular weight excluding hydrogens is 979 g/mol.